The van der Waals surface area contributed by atoms with Gasteiger partial charge in [0.2, 0.25) is 10.0 Å². The third kappa shape index (κ3) is 5.86. The Morgan fingerprint density at radius 3 is 2.71 bits per heavy atom. The van der Waals surface area contributed by atoms with E-state index in [0.29, 0.717) is 25.4 Å². The minimum atomic E-state index is -3.46. The number of hydrogen-bond donors (Lipinski definition) is 2. The number of ether oxygens (including phenoxy) is 1. The Morgan fingerprint density at radius 2 is 2.10 bits per heavy atom. The van der Waals surface area contributed by atoms with Gasteiger partial charge < -0.3 is 10.1 Å². The Bertz CT molecular complexity index is 533. The molecule has 0 aliphatic heterocycles. The topological polar surface area (TPSA) is 67.4 Å². The lowest BCUT2D eigenvalue weighted by molar-refractivity contribution is 0.335. The molecule has 0 bridgehead atoms. The number of nitrogens with one attached hydrogen (secondary N) is 2. The van der Waals surface area contributed by atoms with Gasteiger partial charge >= 0.3 is 0 Å². The summed E-state index contributed by atoms with van der Waals surface area (Å²) in [5.74, 6) is 1.66. The predicted octanol–water partition coefficient (Wildman–Crippen LogP) is 1.84. The first-order chi connectivity index (χ1) is 10.0. The second-order valence-corrected chi connectivity index (χ2v) is 7.23. The minimum Gasteiger partial charge on any atom is -0.494 e. The Kier molecular flexibility index (Phi) is 8.10. The standard InChI is InChI=1S/C14H24N2O3S2/c1-4-19-14-7-6-13(10-12(14)11-15-2)21(17,18)16-8-5-9-20-3/h6-7,10,15-16H,4-5,8-9,11H2,1-3H3. The average molecular weight is 332 g/mol. The first-order valence-electron chi connectivity index (χ1n) is 6.94. The van der Waals surface area contributed by atoms with E-state index in [1.807, 2.05) is 20.2 Å². The molecular formula is C14H24N2O3S2. The highest BCUT2D eigenvalue weighted by Crippen LogP contribution is 2.22. The van der Waals surface area contributed by atoms with Crippen LogP contribution in [0.2, 0.25) is 0 Å². The van der Waals surface area contributed by atoms with Gasteiger partial charge in [-0.15, -0.1) is 0 Å². The zero-order valence-corrected chi connectivity index (χ0v) is 14.4. The molecule has 0 amide bonds. The molecule has 21 heavy (non-hydrogen) atoms. The van der Waals surface area contributed by atoms with Crippen molar-refractivity contribution in [1.82, 2.24) is 10.0 Å². The van der Waals surface area contributed by atoms with Gasteiger partial charge in [-0.05, 0) is 50.6 Å². The largest absolute Gasteiger partial charge is 0.494 e. The molecule has 2 N–H and O–H groups in total. The van der Waals surface area contributed by atoms with Gasteiger partial charge in [-0.3, -0.25) is 0 Å². The second-order valence-electron chi connectivity index (χ2n) is 4.48. The maximum atomic E-state index is 12.2. The van der Waals surface area contributed by atoms with Gasteiger partial charge in [0.15, 0.2) is 0 Å². The zero-order chi connectivity index (χ0) is 15.7. The molecule has 0 spiro atoms. The van der Waals surface area contributed by atoms with Crippen LogP contribution in [0.15, 0.2) is 23.1 Å². The fourth-order valence-corrected chi connectivity index (χ4v) is 3.41. The quantitative estimate of drug-likeness (QED) is 0.640. The Hall–Kier alpha value is -0.760. The highest BCUT2D eigenvalue weighted by Gasteiger charge is 2.15. The van der Waals surface area contributed by atoms with Gasteiger partial charge in [0.05, 0.1) is 11.5 Å². The summed E-state index contributed by atoms with van der Waals surface area (Å²) in [6, 6.07) is 4.96. The summed E-state index contributed by atoms with van der Waals surface area (Å²) in [6.45, 7) is 3.47. The summed E-state index contributed by atoms with van der Waals surface area (Å²) in [4.78, 5) is 0.278. The van der Waals surface area contributed by atoms with Crippen molar-refractivity contribution < 1.29 is 13.2 Å². The Labute approximate surface area is 131 Å². The van der Waals surface area contributed by atoms with E-state index in [1.54, 1.807) is 30.0 Å². The summed E-state index contributed by atoms with van der Waals surface area (Å²) in [6.07, 6.45) is 2.83. The average Bonchev–Trinajstić information content (AvgIpc) is 2.46. The van der Waals surface area contributed by atoms with Crippen molar-refractivity contribution >= 4 is 21.8 Å². The van der Waals surface area contributed by atoms with Crippen molar-refractivity contribution in [3.63, 3.8) is 0 Å². The molecule has 1 rings (SSSR count). The van der Waals surface area contributed by atoms with Crippen LogP contribution in [0, 0.1) is 0 Å². The van der Waals surface area contributed by atoms with Crippen molar-refractivity contribution in [3.8, 4) is 5.75 Å². The van der Waals surface area contributed by atoms with Crippen LogP contribution in [-0.2, 0) is 16.6 Å². The van der Waals surface area contributed by atoms with Gasteiger partial charge in [-0.2, -0.15) is 11.8 Å². The monoisotopic (exact) mass is 332 g/mol. The van der Waals surface area contributed by atoms with E-state index in [9.17, 15) is 8.42 Å². The highest BCUT2D eigenvalue weighted by atomic mass is 32.2. The van der Waals surface area contributed by atoms with E-state index in [1.165, 1.54) is 0 Å². The van der Waals surface area contributed by atoms with Crippen LogP contribution in [0.3, 0.4) is 0 Å². The van der Waals surface area contributed by atoms with E-state index in [-0.39, 0.29) is 4.90 Å². The lowest BCUT2D eigenvalue weighted by Crippen LogP contribution is -2.25. The SMILES string of the molecule is CCOc1ccc(S(=O)(=O)NCCCSC)cc1CNC. The summed E-state index contributed by atoms with van der Waals surface area (Å²) >= 11 is 1.70. The van der Waals surface area contributed by atoms with E-state index < -0.39 is 10.0 Å². The van der Waals surface area contributed by atoms with E-state index in [2.05, 4.69) is 10.0 Å². The van der Waals surface area contributed by atoms with Gasteiger partial charge in [-0.25, -0.2) is 13.1 Å². The lowest BCUT2D eigenvalue weighted by atomic mass is 10.2. The molecule has 1 aromatic rings. The smallest absolute Gasteiger partial charge is 0.240 e. The molecule has 0 unspecified atom stereocenters. The molecule has 0 aliphatic carbocycles. The fraction of sp³-hybridized carbons (Fsp3) is 0.571. The van der Waals surface area contributed by atoms with Crippen molar-refractivity contribution in [2.45, 2.75) is 24.8 Å². The molecule has 0 saturated heterocycles. The molecule has 0 radical (unpaired) electrons. The summed E-state index contributed by atoms with van der Waals surface area (Å²) in [5.41, 5.74) is 0.839. The van der Waals surface area contributed by atoms with Crippen LogP contribution in [-0.4, -0.2) is 40.6 Å². The van der Waals surface area contributed by atoms with Crippen LogP contribution in [0.25, 0.3) is 0 Å². The van der Waals surface area contributed by atoms with Gasteiger partial charge in [0.1, 0.15) is 5.75 Å². The maximum Gasteiger partial charge on any atom is 0.240 e. The van der Waals surface area contributed by atoms with Crippen molar-refractivity contribution in [2.24, 2.45) is 0 Å². The third-order valence-corrected chi connectivity index (χ3v) is 4.98. The molecule has 0 aromatic heterocycles. The maximum absolute atomic E-state index is 12.2. The van der Waals surface area contributed by atoms with Crippen molar-refractivity contribution in [1.29, 1.82) is 0 Å². The molecule has 0 aliphatic rings. The molecular weight excluding hydrogens is 308 g/mol. The van der Waals surface area contributed by atoms with Crippen LogP contribution in [0.1, 0.15) is 18.9 Å². The third-order valence-electron chi connectivity index (χ3n) is 2.83. The van der Waals surface area contributed by atoms with Crippen molar-refractivity contribution in [2.75, 3.05) is 32.2 Å². The molecule has 7 heteroatoms. The van der Waals surface area contributed by atoms with Crippen LogP contribution in [0.4, 0.5) is 0 Å². The first kappa shape index (κ1) is 18.3. The lowest BCUT2D eigenvalue weighted by Gasteiger charge is -2.13. The fourth-order valence-electron chi connectivity index (χ4n) is 1.85. The first-order valence-corrected chi connectivity index (χ1v) is 9.81. The van der Waals surface area contributed by atoms with Crippen LogP contribution in [0.5, 0.6) is 5.75 Å². The van der Waals surface area contributed by atoms with Gasteiger partial charge in [0, 0.05) is 18.7 Å². The molecule has 5 nitrogen and oxygen atoms in total. The molecule has 0 saturated carbocycles. The second kappa shape index (κ2) is 9.30. The van der Waals surface area contributed by atoms with Crippen molar-refractivity contribution in [3.05, 3.63) is 23.8 Å². The number of sulfonamides is 1. The number of thioether (sulfide) groups is 1. The van der Waals surface area contributed by atoms with E-state index in [4.69, 9.17) is 4.74 Å². The van der Waals surface area contributed by atoms with E-state index >= 15 is 0 Å². The zero-order valence-electron chi connectivity index (χ0n) is 12.8. The Balaban J connectivity index is 2.88. The Morgan fingerprint density at radius 1 is 1.33 bits per heavy atom. The number of rotatable bonds is 10. The van der Waals surface area contributed by atoms with Gasteiger partial charge in [0.25, 0.3) is 0 Å². The summed E-state index contributed by atoms with van der Waals surface area (Å²) in [5, 5.41) is 3.02. The summed E-state index contributed by atoms with van der Waals surface area (Å²) in [7, 11) is -1.64. The number of benzene rings is 1. The predicted molar refractivity (Wildman–Crippen MR) is 88.6 cm³/mol. The summed E-state index contributed by atoms with van der Waals surface area (Å²) < 4.78 is 32.6. The van der Waals surface area contributed by atoms with Gasteiger partial charge in [-0.1, -0.05) is 0 Å². The normalized spacial score (nSPS) is 11.6. The van der Waals surface area contributed by atoms with E-state index in [0.717, 1.165) is 17.7 Å². The molecule has 0 fully saturated rings. The molecule has 1 aromatic carbocycles. The molecule has 120 valence electrons. The number of hydrogen-bond acceptors (Lipinski definition) is 5. The van der Waals surface area contributed by atoms with Crippen LogP contribution >= 0.6 is 11.8 Å². The molecule has 0 atom stereocenters. The highest BCUT2D eigenvalue weighted by molar-refractivity contribution is 7.98. The van der Waals surface area contributed by atoms with Crippen LogP contribution < -0.4 is 14.8 Å². The molecule has 0 heterocycles. The minimum absolute atomic E-state index is 0.278.